The van der Waals surface area contributed by atoms with Gasteiger partial charge in [-0.1, -0.05) is 12.1 Å². The normalized spacial score (nSPS) is 12.1. The van der Waals surface area contributed by atoms with E-state index in [1.165, 1.54) is 13.8 Å². The first-order valence-corrected chi connectivity index (χ1v) is 6.98. The fourth-order valence-electron chi connectivity index (χ4n) is 1.78. The lowest BCUT2D eigenvalue weighted by molar-refractivity contribution is -0.130. The average molecular weight is 328 g/mol. The summed E-state index contributed by atoms with van der Waals surface area (Å²) in [4.78, 5) is 21.4. The molecule has 0 saturated heterocycles. The highest BCUT2D eigenvalue weighted by Crippen LogP contribution is 2.23. The first-order valence-electron chi connectivity index (χ1n) is 6.98. The largest absolute Gasteiger partial charge is 0.477 e. The van der Waals surface area contributed by atoms with Crippen molar-refractivity contribution in [1.29, 1.82) is 0 Å². The van der Waals surface area contributed by atoms with Crippen LogP contribution in [-0.2, 0) is 9.59 Å². The Morgan fingerprint density at radius 1 is 0.792 bits per heavy atom. The smallest absolute Gasteiger partial charge is 0.351 e. The first-order chi connectivity index (χ1) is 11.4. The maximum atomic E-state index is 10.7. The maximum Gasteiger partial charge on any atom is 0.351 e. The predicted molar refractivity (Wildman–Crippen MR) is 92.7 cm³/mol. The minimum absolute atomic E-state index is 0.0519. The molecule has 0 aliphatic carbocycles. The van der Waals surface area contributed by atoms with E-state index in [1.54, 1.807) is 24.3 Å². The molecule has 2 aromatic carbocycles. The molecule has 0 unspecified atom stereocenters. The van der Waals surface area contributed by atoms with Crippen LogP contribution in [0.3, 0.4) is 0 Å². The Balaban J connectivity index is 2.24. The van der Waals surface area contributed by atoms with Crippen LogP contribution in [0, 0.1) is 0 Å². The highest BCUT2D eigenvalue weighted by Gasteiger charge is 2.03. The molecule has 0 atom stereocenters. The van der Waals surface area contributed by atoms with Crippen LogP contribution in [0.15, 0.2) is 46.6 Å². The summed E-state index contributed by atoms with van der Waals surface area (Å²) in [6, 6.07) is 10.9. The Hall–Kier alpha value is -3.42. The van der Waals surface area contributed by atoms with Crippen LogP contribution in [0.1, 0.15) is 13.8 Å². The van der Waals surface area contributed by atoms with Crippen molar-refractivity contribution in [2.24, 2.45) is 10.2 Å². The molecule has 0 bridgehead atoms. The van der Waals surface area contributed by atoms with Gasteiger partial charge in [0.05, 0.1) is 11.4 Å². The molecule has 0 fully saturated rings. The number of nitrogens with zero attached hydrogens (tertiary/aromatic N) is 2. The molecular formula is C16H16N4O4. The van der Waals surface area contributed by atoms with Gasteiger partial charge < -0.3 is 10.2 Å². The number of hydrogen-bond acceptors (Lipinski definition) is 6. The monoisotopic (exact) mass is 328 g/mol. The van der Waals surface area contributed by atoms with Crippen molar-refractivity contribution in [2.75, 3.05) is 10.9 Å². The van der Waals surface area contributed by atoms with Crippen molar-refractivity contribution >= 4 is 45.5 Å². The molecule has 0 amide bonds. The number of hydrogen-bond donors (Lipinski definition) is 4. The van der Waals surface area contributed by atoms with Crippen molar-refractivity contribution in [3.63, 3.8) is 0 Å². The molecule has 0 saturated carbocycles. The molecule has 0 heterocycles. The standard InChI is InChI=1S/C16H16N4O4/c1-9(15(21)22)17-19-13-5-3-11-4-6-14(8-12(11)7-13)20-18-10(2)16(23)24/h3-8,19-20H,1-2H3,(H,21,22)(H,23,24)/b17-9+,18-10+. The first kappa shape index (κ1) is 16.9. The number of aliphatic carboxylic acids is 2. The van der Waals surface area contributed by atoms with Crippen LogP contribution in [0.2, 0.25) is 0 Å². The number of carboxylic acids is 2. The molecule has 124 valence electrons. The zero-order valence-electron chi connectivity index (χ0n) is 13.1. The van der Waals surface area contributed by atoms with Gasteiger partial charge >= 0.3 is 11.9 Å². The van der Waals surface area contributed by atoms with Gasteiger partial charge in [0, 0.05) is 0 Å². The fourth-order valence-corrected chi connectivity index (χ4v) is 1.78. The minimum Gasteiger partial charge on any atom is -0.477 e. The van der Waals surface area contributed by atoms with Crippen LogP contribution < -0.4 is 10.9 Å². The summed E-state index contributed by atoms with van der Waals surface area (Å²) < 4.78 is 0. The molecule has 24 heavy (non-hydrogen) atoms. The Morgan fingerprint density at radius 3 is 1.58 bits per heavy atom. The van der Waals surface area contributed by atoms with Crippen molar-refractivity contribution in [3.8, 4) is 0 Å². The second-order valence-electron chi connectivity index (χ2n) is 5.01. The van der Waals surface area contributed by atoms with Crippen molar-refractivity contribution < 1.29 is 19.8 Å². The van der Waals surface area contributed by atoms with Gasteiger partial charge in [0.1, 0.15) is 11.4 Å². The quantitative estimate of drug-likeness (QED) is 0.477. The van der Waals surface area contributed by atoms with E-state index < -0.39 is 11.9 Å². The van der Waals surface area contributed by atoms with Gasteiger partial charge in [-0.2, -0.15) is 10.2 Å². The Morgan fingerprint density at radius 2 is 1.21 bits per heavy atom. The van der Waals surface area contributed by atoms with E-state index in [1.807, 2.05) is 12.1 Å². The van der Waals surface area contributed by atoms with E-state index in [4.69, 9.17) is 10.2 Å². The summed E-state index contributed by atoms with van der Waals surface area (Å²) in [5.41, 5.74) is 6.52. The lowest BCUT2D eigenvalue weighted by Crippen LogP contribution is -2.10. The molecule has 8 heteroatoms. The third-order valence-corrected chi connectivity index (χ3v) is 3.16. The number of carboxylic acid groups (broad SMARTS) is 2. The Bertz CT molecular complexity index is 792. The van der Waals surface area contributed by atoms with E-state index in [0.29, 0.717) is 11.4 Å². The lowest BCUT2D eigenvalue weighted by Gasteiger charge is -2.06. The molecule has 0 aromatic heterocycles. The minimum atomic E-state index is -1.10. The summed E-state index contributed by atoms with van der Waals surface area (Å²) in [5.74, 6) is -2.19. The zero-order chi connectivity index (χ0) is 17.7. The van der Waals surface area contributed by atoms with Gasteiger partial charge in [0.2, 0.25) is 0 Å². The summed E-state index contributed by atoms with van der Waals surface area (Å²) >= 11 is 0. The molecule has 4 N–H and O–H groups in total. The fraction of sp³-hybridized carbons (Fsp3) is 0.125. The van der Waals surface area contributed by atoms with E-state index >= 15 is 0 Å². The third kappa shape index (κ3) is 4.29. The average Bonchev–Trinajstić information content (AvgIpc) is 2.56. The highest BCUT2D eigenvalue weighted by molar-refractivity contribution is 6.35. The van der Waals surface area contributed by atoms with Gasteiger partial charge in [-0.15, -0.1) is 0 Å². The van der Waals surface area contributed by atoms with Crippen molar-refractivity contribution in [1.82, 2.24) is 0 Å². The molecule has 0 spiro atoms. The third-order valence-electron chi connectivity index (χ3n) is 3.16. The maximum absolute atomic E-state index is 10.7. The summed E-state index contributed by atoms with van der Waals surface area (Å²) in [6.45, 7) is 2.78. The lowest BCUT2D eigenvalue weighted by atomic mass is 10.1. The number of anilines is 2. The van der Waals surface area contributed by atoms with Crippen molar-refractivity contribution in [3.05, 3.63) is 36.4 Å². The highest BCUT2D eigenvalue weighted by atomic mass is 16.4. The van der Waals surface area contributed by atoms with Crippen LogP contribution in [-0.4, -0.2) is 33.6 Å². The van der Waals surface area contributed by atoms with E-state index in [9.17, 15) is 9.59 Å². The van der Waals surface area contributed by atoms with Crippen LogP contribution >= 0.6 is 0 Å². The van der Waals surface area contributed by atoms with Crippen LogP contribution in [0.5, 0.6) is 0 Å². The van der Waals surface area contributed by atoms with Crippen molar-refractivity contribution in [2.45, 2.75) is 13.8 Å². The van der Waals surface area contributed by atoms with Gasteiger partial charge in [-0.3, -0.25) is 10.9 Å². The van der Waals surface area contributed by atoms with E-state index in [2.05, 4.69) is 21.1 Å². The Labute approximate surface area is 137 Å². The number of fused-ring (bicyclic) bond motifs is 1. The van der Waals surface area contributed by atoms with E-state index in [0.717, 1.165) is 10.8 Å². The number of benzene rings is 2. The topological polar surface area (TPSA) is 123 Å². The number of hydrazone groups is 2. The van der Waals surface area contributed by atoms with Gasteiger partial charge in [-0.25, -0.2) is 9.59 Å². The van der Waals surface area contributed by atoms with Crippen LogP contribution in [0.4, 0.5) is 11.4 Å². The second kappa shape index (κ2) is 7.23. The number of carbonyl (C=O) groups is 2. The zero-order valence-corrected chi connectivity index (χ0v) is 13.1. The van der Waals surface area contributed by atoms with E-state index in [-0.39, 0.29) is 11.4 Å². The second-order valence-corrected chi connectivity index (χ2v) is 5.01. The summed E-state index contributed by atoms with van der Waals surface area (Å²) in [5, 5.41) is 26.9. The summed E-state index contributed by atoms with van der Waals surface area (Å²) in [7, 11) is 0. The molecule has 2 rings (SSSR count). The predicted octanol–water partition coefficient (Wildman–Crippen LogP) is 2.58. The molecule has 0 radical (unpaired) electrons. The summed E-state index contributed by atoms with van der Waals surface area (Å²) in [6.07, 6.45) is 0. The van der Waals surface area contributed by atoms with Crippen LogP contribution in [0.25, 0.3) is 10.8 Å². The number of rotatable bonds is 6. The molecule has 2 aromatic rings. The molecule has 8 nitrogen and oxygen atoms in total. The molecule has 0 aliphatic rings. The molecular weight excluding hydrogens is 312 g/mol. The van der Waals surface area contributed by atoms with Gasteiger partial charge in [-0.05, 0) is 48.9 Å². The molecule has 0 aliphatic heterocycles. The Kier molecular flexibility index (Phi) is 5.10. The van der Waals surface area contributed by atoms with Gasteiger partial charge in [0.25, 0.3) is 0 Å². The SMILES string of the molecule is C/C(=N\Nc1ccc2ccc(N/N=C(\C)C(=O)O)cc2c1)C(=O)O. The number of nitrogens with one attached hydrogen (secondary N) is 2. The van der Waals surface area contributed by atoms with Gasteiger partial charge in [0.15, 0.2) is 0 Å².